The van der Waals surface area contributed by atoms with Crippen LogP contribution in [0.3, 0.4) is 0 Å². The molecule has 0 saturated heterocycles. The molecule has 0 N–H and O–H groups in total. The van der Waals surface area contributed by atoms with Gasteiger partial charge in [0.25, 0.3) is 0 Å². The Labute approximate surface area is 157 Å². The summed E-state index contributed by atoms with van der Waals surface area (Å²) in [7, 11) is 0. The van der Waals surface area contributed by atoms with Gasteiger partial charge in [-0.3, -0.25) is 4.79 Å². The van der Waals surface area contributed by atoms with Crippen LogP contribution in [0.5, 0.6) is 17.2 Å². The van der Waals surface area contributed by atoms with Gasteiger partial charge < -0.3 is 19.1 Å². The van der Waals surface area contributed by atoms with Crippen molar-refractivity contribution in [2.24, 2.45) is 5.92 Å². The van der Waals surface area contributed by atoms with Gasteiger partial charge >= 0.3 is 0 Å². The van der Waals surface area contributed by atoms with E-state index < -0.39 is 5.41 Å². The van der Waals surface area contributed by atoms with E-state index in [4.69, 9.17) is 14.2 Å². The predicted octanol–water partition coefficient (Wildman–Crippen LogP) is 3.28. The molecule has 4 aliphatic rings. The molecule has 5 nitrogen and oxygen atoms in total. The van der Waals surface area contributed by atoms with E-state index in [1.807, 2.05) is 29.2 Å². The zero-order valence-electron chi connectivity index (χ0n) is 15.1. The highest BCUT2D eigenvalue weighted by molar-refractivity contribution is 6.11. The van der Waals surface area contributed by atoms with Crippen LogP contribution in [-0.4, -0.2) is 32.3 Å². The summed E-state index contributed by atoms with van der Waals surface area (Å²) in [5.41, 5.74) is 2.19. The van der Waals surface area contributed by atoms with Gasteiger partial charge in [-0.2, -0.15) is 0 Å². The van der Waals surface area contributed by atoms with Gasteiger partial charge in [0.1, 0.15) is 31.0 Å². The van der Waals surface area contributed by atoms with Crippen LogP contribution in [0.15, 0.2) is 36.4 Å². The third-order valence-corrected chi connectivity index (χ3v) is 6.27. The van der Waals surface area contributed by atoms with E-state index in [1.165, 1.54) is 12.8 Å². The second-order valence-corrected chi connectivity index (χ2v) is 7.89. The number of ether oxygens (including phenoxy) is 3. The smallest absolute Gasteiger partial charge is 0.245 e. The molecular weight excluding hydrogens is 342 g/mol. The third kappa shape index (κ3) is 2.08. The van der Waals surface area contributed by atoms with Crippen molar-refractivity contribution in [3.05, 3.63) is 47.5 Å². The van der Waals surface area contributed by atoms with Crippen LogP contribution in [0, 0.1) is 5.92 Å². The van der Waals surface area contributed by atoms with Gasteiger partial charge in [0, 0.05) is 23.9 Å². The average Bonchev–Trinajstić information content (AvgIpc) is 3.42. The highest BCUT2D eigenvalue weighted by Crippen LogP contribution is 2.54. The summed E-state index contributed by atoms with van der Waals surface area (Å²) in [5.74, 6) is 3.03. The fourth-order valence-electron chi connectivity index (χ4n) is 4.65. The quantitative estimate of drug-likeness (QED) is 0.840. The Hall–Kier alpha value is -2.69. The van der Waals surface area contributed by atoms with Crippen LogP contribution in [0.25, 0.3) is 0 Å². The molecule has 0 aromatic heterocycles. The molecule has 6 rings (SSSR count). The fourth-order valence-corrected chi connectivity index (χ4v) is 4.65. The molecular formula is C22H21NO4. The summed E-state index contributed by atoms with van der Waals surface area (Å²) in [6.45, 7) is 2.18. The third-order valence-electron chi connectivity index (χ3n) is 6.27. The number of hydrogen-bond donors (Lipinski definition) is 0. The van der Waals surface area contributed by atoms with Crippen molar-refractivity contribution in [2.45, 2.75) is 24.7 Å². The van der Waals surface area contributed by atoms with E-state index in [1.54, 1.807) is 0 Å². The van der Waals surface area contributed by atoms with Gasteiger partial charge in [0.2, 0.25) is 5.91 Å². The molecule has 1 fully saturated rings. The van der Waals surface area contributed by atoms with E-state index >= 15 is 0 Å². The first kappa shape index (κ1) is 15.4. The van der Waals surface area contributed by atoms with E-state index in [9.17, 15) is 4.79 Å². The summed E-state index contributed by atoms with van der Waals surface area (Å²) in [6.07, 6.45) is 3.67. The molecule has 1 amide bonds. The summed E-state index contributed by atoms with van der Waals surface area (Å²) in [4.78, 5) is 15.7. The van der Waals surface area contributed by atoms with Gasteiger partial charge in [-0.25, -0.2) is 0 Å². The minimum atomic E-state index is -0.773. The number of fused-ring (bicyclic) bond motifs is 5. The molecule has 2 aromatic rings. The fraction of sp³-hybridized carbons (Fsp3) is 0.409. The summed E-state index contributed by atoms with van der Waals surface area (Å²) in [6, 6.07) is 12.0. The van der Waals surface area contributed by atoms with Crippen molar-refractivity contribution in [3.63, 3.8) is 0 Å². The molecule has 27 heavy (non-hydrogen) atoms. The van der Waals surface area contributed by atoms with Crippen molar-refractivity contribution in [1.82, 2.24) is 0 Å². The number of anilines is 1. The molecule has 138 valence electrons. The number of carbonyl (C=O) groups excluding carboxylic acids is 1. The highest BCUT2D eigenvalue weighted by atomic mass is 16.6. The maximum atomic E-state index is 13.7. The summed E-state index contributed by atoms with van der Waals surface area (Å²) >= 11 is 0. The molecule has 1 unspecified atom stereocenters. The van der Waals surface area contributed by atoms with E-state index in [0.717, 1.165) is 41.4 Å². The lowest BCUT2D eigenvalue weighted by atomic mass is 9.77. The van der Waals surface area contributed by atoms with Crippen LogP contribution in [0.2, 0.25) is 0 Å². The molecule has 1 spiro atoms. The summed E-state index contributed by atoms with van der Waals surface area (Å²) in [5, 5.41) is 0. The van der Waals surface area contributed by atoms with Crippen LogP contribution >= 0.6 is 0 Å². The Morgan fingerprint density at radius 1 is 0.963 bits per heavy atom. The molecule has 2 aromatic carbocycles. The number of amides is 1. The molecule has 1 atom stereocenters. The molecule has 0 radical (unpaired) electrons. The van der Waals surface area contributed by atoms with Gasteiger partial charge in [-0.15, -0.1) is 0 Å². The minimum Gasteiger partial charge on any atom is -0.491 e. The van der Waals surface area contributed by atoms with Crippen molar-refractivity contribution >= 4 is 11.6 Å². The molecule has 1 aliphatic carbocycles. The second kappa shape index (κ2) is 5.41. The zero-order chi connectivity index (χ0) is 18.0. The summed E-state index contributed by atoms with van der Waals surface area (Å²) < 4.78 is 17.5. The van der Waals surface area contributed by atoms with E-state index in [2.05, 4.69) is 12.1 Å². The number of para-hydroxylation sites is 1. The van der Waals surface area contributed by atoms with Crippen molar-refractivity contribution in [2.75, 3.05) is 31.3 Å². The highest BCUT2D eigenvalue weighted by Gasteiger charge is 2.57. The number of benzene rings is 2. The SMILES string of the molecule is O=C1N(CCC2CC2)c2ccccc2C12COc1cc3c(cc12)OCCO3. The number of rotatable bonds is 3. The first-order valence-corrected chi connectivity index (χ1v) is 9.76. The lowest BCUT2D eigenvalue weighted by Crippen LogP contribution is -2.43. The topological polar surface area (TPSA) is 48.0 Å². The number of hydrogen-bond acceptors (Lipinski definition) is 4. The Bertz CT molecular complexity index is 951. The van der Waals surface area contributed by atoms with Crippen molar-refractivity contribution in [3.8, 4) is 17.2 Å². The predicted molar refractivity (Wildman–Crippen MR) is 99.8 cm³/mol. The normalized spacial score (nSPS) is 24.7. The Kier molecular flexibility index (Phi) is 3.08. The monoisotopic (exact) mass is 363 g/mol. The van der Waals surface area contributed by atoms with Crippen LogP contribution in [0.4, 0.5) is 5.69 Å². The van der Waals surface area contributed by atoms with Crippen LogP contribution < -0.4 is 19.1 Å². The first-order valence-electron chi connectivity index (χ1n) is 9.76. The van der Waals surface area contributed by atoms with Gasteiger partial charge in [-0.05, 0) is 30.0 Å². The Morgan fingerprint density at radius 3 is 2.56 bits per heavy atom. The zero-order valence-corrected chi connectivity index (χ0v) is 15.1. The molecule has 5 heteroatoms. The maximum absolute atomic E-state index is 13.7. The van der Waals surface area contributed by atoms with E-state index in [0.29, 0.717) is 31.3 Å². The minimum absolute atomic E-state index is 0.125. The van der Waals surface area contributed by atoms with E-state index in [-0.39, 0.29) is 5.91 Å². The molecule has 1 saturated carbocycles. The first-order chi connectivity index (χ1) is 13.3. The van der Waals surface area contributed by atoms with Gasteiger partial charge in [0.15, 0.2) is 11.5 Å². The maximum Gasteiger partial charge on any atom is 0.245 e. The molecule has 3 heterocycles. The van der Waals surface area contributed by atoms with Gasteiger partial charge in [0.05, 0.1) is 0 Å². The van der Waals surface area contributed by atoms with Gasteiger partial charge in [-0.1, -0.05) is 31.0 Å². The lowest BCUT2D eigenvalue weighted by Gasteiger charge is -2.24. The Morgan fingerprint density at radius 2 is 1.74 bits per heavy atom. The number of nitrogens with zero attached hydrogens (tertiary/aromatic N) is 1. The molecule has 0 bridgehead atoms. The van der Waals surface area contributed by atoms with Crippen molar-refractivity contribution in [1.29, 1.82) is 0 Å². The Balaban J connectivity index is 1.48. The lowest BCUT2D eigenvalue weighted by molar-refractivity contribution is -0.122. The van der Waals surface area contributed by atoms with Crippen LogP contribution in [0.1, 0.15) is 30.4 Å². The van der Waals surface area contributed by atoms with Crippen LogP contribution in [-0.2, 0) is 10.2 Å². The number of carbonyl (C=O) groups is 1. The van der Waals surface area contributed by atoms with Crippen molar-refractivity contribution < 1.29 is 19.0 Å². The second-order valence-electron chi connectivity index (χ2n) is 7.89. The standard InChI is InChI=1S/C22H21NO4/c24-21-22(13-27-18-12-20-19(11-16(18)22)25-9-10-26-20)15-3-1-2-4-17(15)23(21)8-7-14-5-6-14/h1-4,11-12,14H,5-10,13H2. The molecule has 3 aliphatic heterocycles. The average molecular weight is 363 g/mol. The largest absolute Gasteiger partial charge is 0.491 e.